The average Bonchev–Trinajstić information content (AvgIpc) is 3.28. The van der Waals surface area contributed by atoms with Crippen LogP contribution in [-0.2, 0) is 4.74 Å². The highest BCUT2D eigenvalue weighted by Crippen LogP contribution is 2.23. The fourth-order valence-electron chi connectivity index (χ4n) is 3.18. The lowest BCUT2D eigenvalue weighted by molar-refractivity contribution is 0.0611. The van der Waals surface area contributed by atoms with Gasteiger partial charge in [-0.1, -0.05) is 0 Å². The van der Waals surface area contributed by atoms with E-state index in [0.717, 1.165) is 11.3 Å². The molecule has 2 fully saturated rings. The van der Waals surface area contributed by atoms with Gasteiger partial charge in [0.15, 0.2) is 0 Å². The number of H-pyrrole nitrogens is 1. The molecule has 1 N–H and O–H groups in total. The highest BCUT2D eigenvalue weighted by atomic mass is 16.6. The predicted molar refractivity (Wildman–Crippen MR) is 88.3 cm³/mol. The molecule has 25 heavy (non-hydrogen) atoms. The van der Waals surface area contributed by atoms with Crippen molar-refractivity contribution in [3.05, 3.63) is 36.0 Å². The Morgan fingerprint density at radius 3 is 2.88 bits per heavy atom. The maximum absolute atomic E-state index is 12.7. The van der Waals surface area contributed by atoms with Crippen LogP contribution in [-0.4, -0.2) is 71.4 Å². The molecule has 1 aromatic carbocycles. The standard InChI is InChI=1S/C17H18N4O4/c1-24-13-4-2-11(3-5-13)14-8-15(19-18-14)16(22)20-6-7-21-12(9-20)10-25-17(21)23/h2-5,8,12H,6-7,9-10H2,1H3,(H,18,19)/t12-/m0/s1. The summed E-state index contributed by atoms with van der Waals surface area (Å²) in [5, 5.41) is 7.05. The number of carbonyl (C=O) groups excluding carboxylic acids is 2. The van der Waals surface area contributed by atoms with Gasteiger partial charge in [0.05, 0.1) is 18.8 Å². The normalized spacial score (nSPS) is 19.6. The quantitative estimate of drug-likeness (QED) is 0.910. The third-order valence-corrected chi connectivity index (χ3v) is 4.60. The van der Waals surface area contributed by atoms with Crippen molar-refractivity contribution in [1.82, 2.24) is 20.0 Å². The Balaban J connectivity index is 1.48. The van der Waals surface area contributed by atoms with Crippen LogP contribution in [0.2, 0.25) is 0 Å². The Morgan fingerprint density at radius 1 is 1.32 bits per heavy atom. The number of carbonyl (C=O) groups is 2. The molecule has 0 saturated carbocycles. The first kappa shape index (κ1) is 15.5. The molecule has 2 saturated heterocycles. The number of benzene rings is 1. The lowest BCUT2D eigenvalue weighted by Crippen LogP contribution is -2.53. The fraction of sp³-hybridized carbons (Fsp3) is 0.353. The van der Waals surface area contributed by atoms with E-state index in [4.69, 9.17) is 9.47 Å². The van der Waals surface area contributed by atoms with Gasteiger partial charge in [0.2, 0.25) is 0 Å². The minimum atomic E-state index is -0.291. The molecule has 0 bridgehead atoms. The number of aromatic nitrogens is 2. The third kappa shape index (κ3) is 2.79. The number of nitrogens with zero attached hydrogens (tertiary/aromatic N) is 3. The molecular formula is C17H18N4O4. The Bertz CT molecular complexity index is 801. The van der Waals surface area contributed by atoms with Gasteiger partial charge in [-0.2, -0.15) is 5.10 Å². The van der Waals surface area contributed by atoms with Crippen molar-refractivity contribution in [2.75, 3.05) is 33.4 Å². The van der Waals surface area contributed by atoms with Gasteiger partial charge in [-0.05, 0) is 30.3 Å². The van der Waals surface area contributed by atoms with Gasteiger partial charge >= 0.3 is 6.09 Å². The highest BCUT2D eigenvalue weighted by molar-refractivity contribution is 5.93. The number of aromatic amines is 1. The summed E-state index contributed by atoms with van der Waals surface area (Å²) in [6, 6.07) is 9.16. The zero-order chi connectivity index (χ0) is 17.4. The molecule has 2 aromatic rings. The Morgan fingerprint density at radius 2 is 2.12 bits per heavy atom. The van der Waals surface area contributed by atoms with E-state index in [-0.39, 0.29) is 18.0 Å². The number of nitrogens with one attached hydrogen (secondary N) is 1. The first-order valence-electron chi connectivity index (χ1n) is 8.08. The lowest BCUT2D eigenvalue weighted by Gasteiger charge is -2.35. The molecule has 2 aliphatic heterocycles. The van der Waals surface area contributed by atoms with Crippen LogP contribution in [0.1, 0.15) is 10.5 Å². The van der Waals surface area contributed by atoms with Crippen molar-refractivity contribution in [2.45, 2.75) is 6.04 Å². The zero-order valence-electron chi connectivity index (χ0n) is 13.8. The molecule has 1 atom stereocenters. The highest BCUT2D eigenvalue weighted by Gasteiger charge is 2.39. The SMILES string of the molecule is COc1ccc(-c2cc(C(=O)N3CCN4C(=O)OC[C@@H]4C3)[nH]n2)cc1. The molecule has 0 aliphatic carbocycles. The van der Waals surface area contributed by atoms with E-state index in [1.807, 2.05) is 24.3 Å². The van der Waals surface area contributed by atoms with Crippen molar-refractivity contribution in [1.29, 1.82) is 0 Å². The molecule has 2 amide bonds. The molecule has 0 spiro atoms. The molecule has 2 aliphatic rings. The van der Waals surface area contributed by atoms with Gasteiger partial charge in [-0.15, -0.1) is 0 Å². The van der Waals surface area contributed by atoms with Gasteiger partial charge in [0, 0.05) is 25.2 Å². The van der Waals surface area contributed by atoms with Gasteiger partial charge in [0.1, 0.15) is 18.1 Å². The van der Waals surface area contributed by atoms with E-state index in [9.17, 15) is 9.59 Å². The summed E-state index contributed by atoms with van der Waals surface area (Å²) in [5.74, 6) is 0.646. The second-order valence-electron chi connectivity index (χ2n) is 6.07. The van der Waals surface area contributed by atoms with Crippen molar-refractivity contribution in [3.8, 4) is 17.0 Å². The molecular weight excluding hydrogens is 324 g/mol. The number of cyclic esters (lactones) is 1. The number of amides is 2. The van der Waals surface area contributed by atoms with E-state index in [1.54, 1.807) is 23.0 Å². The topological polar surface area (TPSA) is 87.8 Å². The van der Waals surface area contributed by atoms with Crippen molar-refractivity contribution < 1.29 is 19.1 Å². The van der Waals surface area contributed by atoms with Crippen LogP contribution in [0.25, 0.3) is 11.3 Å². The van der Waals surface area contributed by atoms with Crippen LogP contribution in [0.3, 0.4) is 0 Å². The predicted octanol–water partition coefficient (Wildman–Crippen LogP) is 1.36. The number of piperazine rings is 1. The van der Waals surface area contributed by atoms with Crippen LogP contribution < -0.4 is 4.74 Å². The minimum absolute atomic E-state index is 0.0609. The van der Waals surface area contributed by atoms with E-state index in [2.05, 4.69) is 10.2 Å². The number of methoxy groups -OCH3 is 1. The summed E-state index contributed by atoms with van der Waals surface area (Å²) in [6.07, 6.45) is -0.291. The van der Waals surface area contributed by atoms with E-state index in [0.29, 0.717) is 37.6 Å². The monoisotopic (exact) mass is 342 g/mol. The van der Waals surface area contributed by atoms with E-state index in [1.165, 1.54) is 0 Å². The second-order valence-corrected chi connectivity index (χ2v) is 6.07. The second kappa shape index (κ2) is 6.12. The molecule has 0 radical (unpaired) electrons. The number of rotatable bonds is 3. The maximum atomic E-state index is 12.7. The number of hydrogen-bond acceptors (Lipinski definition) is 5. The van der Waals surface area contributed by atoms with Gasteiger partial charge in [0.25, 0.3) is 5.91 Å². The van der Waals surface area contributed by atoms with Crippen LogP contribution >= 0.6 is 0 Å². The first-order chi connectivity index (χ1) is 12.2. The van der Waals surface area contributed by atoms with Crippen LogP contribution in [0.4, 0.5) is 4.79 Å². The van der Waals surface area contributed by atoms with Gasteiger partial charge < -0.3 is 14.4 Å². The van der Waals surface area contributed by atoms with Crippen LogP contribution in [0, 0.1) is 0 Å². The van der Waals surface area contributed by atoms with Crippen LogP contribution in [0.15, 0.2) is 30.3 Å². The van der Waals surface area contributed by atoms with Gasteiger partial charge in [-0.3, -0.25) is 14.8 Å². The number of fused-ring (bicyclic) bond motifs is 1. The number of ether oxygens (including phenoxy) is 2. The Labute approximate surface area is 144 Å². The third-order valence-electron chi connectivity index (χ3n) is 4.60. The smallest absolute Gasteiger partial charge is 0.410 e. The van der Waals surface area contributed by atoms with E-state index < -0.39 is 0 Å². The molecule has 130 valence electrons. The minimum Gasteiger partial charge on any atom is -0.497 e. The van der Waals surface area contributed by atoms with Crippen molar-refractivity contribution >= 4 is 12.0 Å². The molecule has 3 heterocycles. The average molecular weight is 342 g/mol. The summed E-state index contributed by atoms with van der Waals surface area (Å²) < 4.78 is 10.2. The zero-order valence-corrected chi connectivity index (χ0v) is 13.8. The molecule has 4 rings (SSSR count). The molecule has 0 unspecified atom stereocenters. The summed E-state index contributed by atoms with van der Waals surface area (Å²) in [4.78, 5) is 27.7. The summed E-state index contributed by atoms with van der Waals surface area (Å²) >= 11 is 0. The fourth-order valence-corrected chi connectivity index (χ4v) is 3.18. The largest absolute Gasteiger partial charge is 0.497 e. The molecule has 1 aromatic heterocycles. The van der Waals surface area contributed by atoms with E-state index >= 15 is 0 Å². The van der Waals surface area contributed by atoms with Gasteiger partial charge in [-0.25, -0.2) is 4.79 Å². The lowest BCUT2D eigenvalue weighted by atomic mass is 10.1. The summed E-state index contributed by atoms with van der Waals surface area (Å²) in [5.41, 5.74) is 2.03. The summed E-state index contributed by atoms with van der Waals surface area (Å²) in [7, 11) is 1.61. The van der Waals surface area contributed by atoms with Crippen molar-refractivity contribution in [3.63, 3.8) is 0 Å². The van der Waals surface area contributed by atoms with Crippen molar-refractivity contribution in [2.24, 2.45) is 0 Å². The summed E-state index contributed by atoms with van der Waals surface area (Å²) in [6.45, 7) is 1.79. The Hall–Kier alpha value is -3.03. The molecule has 8 heteroatoms. The first-order valence-corrected chi connectivity index (χ1v) is 8.08. The Kier molecular flexibility index (Phi) is 3.79. The van der Waals surface area contributed by atoms with Crippen LogP contribution in [0.5, 0.6) is 5.75 Å². The maximum Gasteiger partial charge on any atom is 0.410 e. The molecule has 8 nitrogen and oxygen atoms in total. The number of hydrogen-bond donors (Lipinski definition) is 1.